The van der Waals surface area contributed by atoms with Crippen LogP contribution in [0, 0.1) is 6.92 Å². The molecule has 1 aliphatic heterocycles. The van der Waals surface area contributed by atoms with E-state index >= 15 is 0 Å². The van der Waals surface area contributed by atoms with Gasteiger partial charge in [-0.2, -0.15) is 0 Å². The zero-order chi connectivity index (χ0) is 18.3. The molecule has 4 rings (SSSR count). The Morgan fingerprint density at radius 1 is 1.15 bits per heavy atom. The Kier molecular flexibility index (Phi) is 4.01. The summed E-state index contributed by atoms with van der Waals surface area (Å²) in [6, 6.07) is 14.2. The van der Waals surface area contributed by atoms with Crippen molar-refractivity contribution in [1.82, 2.24) is 0 Å². The van der Waals surface area contributed by atoms with Gasteiger partial charge in [-0.05, 0) is 49.4 Å². The summed E-state index contributed by atoms with van der Waals surface area (Å²) in [7, 11) is 0. The molecule has 1 aliphatic rings. The van der Waals surface area contributed by atoms with Crippen LogP contribution in [-0.2, 0) is 6.54 Å². The van der Waals surface area contributed by atoms with Gasteiger partial charge >= 0.3 is 0 Å². The molecule has 0 aliphatic carbocycles. The van der Waals surface area contributed by atoms with Gasteiger partial charge in [-0.15, -0.1) is 0 Å². The van der Waals surface area contributed by atoms with E-state index in [2.05, 4.69) is 5.32 Å². The summed E-state index contributed by atoms with van der Waals surface area (Å²) in [5.74, 6) is -0.101. The zero-order valence-electron chi connectivity index (χ0n) is 14.0. The Morgan fingerprint density at radius 2 is 1.92 bits per heavy atom. The molecular formula is C20H15ClN2O3. The second-order valence-electron chi connectivity index (χ2n) is 6.09. The first-order valence-corrected chi connectivity index (χ1v) is 8.47. The van der Waals surface area contributed by atoms with Gasteiger partial charge in [0.25, 0.3) is 11.8 Å². The Bertz CT molecular complexity index is 1010. The van der Waals surface area contributed by atoms with Crippen LogP contribution >= 0.6 is 11.6 Å². The predicted molar refractivity (Wildman–Crippen MR) is 99.8 cm³/mol. The molecule has 1 aromatic heterocycles. The Hall–Kier alpha value is -3.05. The van der Waals surface area contributed by atoms with E-state index in [1.807, 2.05) is 6.92 Å². The van der Waals surface area contributed by atoms with E-state index in [-0.39, 0.29) is 17.6 Å². The molecule has 0 unspecified atom stereocenters. The fraction of sp³-hybridized carbons (Fsp3) is 0.100. The van der Waals surface area contributed by atoms with Gasteiger partial charge in [0.15, 0.2) is 5.76 Å². The number of nitrogens with zero attached hydrogens (tertiary/aromatic N) is 1. The summed E-state index contributed by atoms with van der Waals surface area (Å²) < 4.78 is 5.19. The van der Waals surface area contributed by atoms with Crippen LogP contribution < -0.4 is 10.2 Å². The molecule has 6 heteroatoms. The standard InChI is InChI=1S/C20H15ClN2O3/c1-12-9-10-26-18(12)19(24)22-13-5-7-14(8-6-13)23-11-16-15(20(23)25)3-2-4-17(16)21/h2-10H,11H2,1H3,(H,22,24). The number of halogens is 1. The van der Waals surface area contributed by atoms with Gasteiger partial charge in [-0.3, -0.25) is 9.59 Å². The van der Waals surface area contributed by atoms with Crippen LogP contribution in [0.1, 0.15) is 32.0 Å². The number of carbonyl (C=O) groups excluding carboxylic acids is 2. The number of aryl methyl sites for hydroxylation is 1. The Balaban J connectivity index is 1.52. The van der Waals surface area contributed by atoms with Crippen LogP contribution in [0.4, 0.5) is 11.4 Å². The van der Waals surface area contributed by atoms with E-state index in [1.165, 1.54) is 6.26 Å². The lowest BCUT2D eigenvalue weighted by atomic mass is 10.1. The number of rotatable bonds is 3. The lowest BCUT2D eigenvalue weighted by molar-refractivity contribution is 0.0988. The molecule has 0 spiro atoms. The number of hydrogen-bond donors (Lipinski definition) is 1. The maximum absolute atomic E-state index is 12.6. The van der Waals surface area contributed by atoms with Crippen molar-refractivity contribution in [3.8, 4) is 0 Å². The molecule has 2 aromatic carbocycles. The number of furan rings is 1. The smallest absolute Gasteiger partial charge is 0.291 e. The van der Waals surface area contributed by atoms with Crippen molar-refractivity contribution in [2.24, 2.45) is 0 Å². The molecule has 0 fully saturated rings. The number of fused-ring (bicyclic) bond motifs is 1. The summed E-state index contributed by atoms with van der Waals surface area (Å²) in [6.07, 6.45) is 1.48. The Morgan fingerprint density at radius 3 is 2.58 bits per heavy atom. The van der Waals surface area contributed by atoms with Crippen LogP contribution in [0.3, 0.4) is 0 Å². The van der Waals surface area contributed by atoms with Crippen LogP contribution in [0.5, 0.6) is 0 Å². The minimum Gasteiger partial charge on any atom is -0.459 e. The van der Waals surface area contributed by atoms with Gasteiger partial charge in [0.1, 0.15) is 0 Å². The third kappa shape index (κ3) is 2.76. The molecule has 26 heavy (non-hydrogen) atoms. The molecule has 130 valence electrons. The topological polar surface area (TPSA) is 62.6 Å². The highest BCUT2D eigenvalue weighted by atomic mass is 35.5. The predicted octanol–water partition coefficient (Wildman–Crippen LogP) is 4.65. The number of carbonyl (C=O) groups is 2. The fourth-order valence-electron chi connectivity index (χ4n) is 3.02. The lowest BCUT2D eigenvalue weighted by Gasteiger charge is -2.16. The van der Waals surface area contributed by atoms with E-state index < -0.39 is 0 Å². The maximum Gasteiger partial charge on any atom is 0.291 e. The van der Waals surface area contributed by atoms with E-state index in [0.29, 0.717) is 22.8 Å². The second-order valence-corrected chi connectivity index (χ2v) is 6.50. The first kappa shape index (κ1) is 16.4. The average Bonchev–Trinajstić information content (AvgIpc) is 3.21. The summed E-state index contributed by atoms with van der Waals surface area (Å²) in [5.41, 5.74) is 3.61. The number of amides is 2. The van der Waals surface area contributed by atoms with Gasteiger partial charge in [-0.25, -0.2) is 0 Å². The van der Waals surface area contributed by atoms with Gasteiger partial charge in [0.2, 0.25) is 0 Å². The third-order valence-corrected chi connectivity index (χ3v) is 4.77. The first-order valence-electron chi connectivity index (χ1n) is 8.09. The minimum atomic E-state index is -0.309. The van der Waals surface area contributed by atoms with Crippen LogP contribution in [-0.4, -0.2) is 11.8 Å². The van der Waals surface area contributed by atoms with Gasteiger partial charge in [-0.1, -0.05) is 17.7 Å². The summed E-state index contributed by atoms with van der Waals surface area (Å²) in [4.78, 5) is 26.4. The van der Waals surface area contributed by atoms with Crippen molar-refractivity contribution in [3.63, 3.8) is 0 Å². The molecule has 0 saturated carbocycles. The highest BCUT2D eigenvalue weighted by molar-refractivity contribution is 6.32. The van der Waals surface area contributed by atoms with Crippen molar-refractivity contribution < 1.29 is 14.0 Å². The minimum absolute atomic E-state index is 0.0782. The van der Waals surface area contributed by atoms with Crippen LogP contribution in [0.2, 0.25) is 5.02 Å². The molecule has 0 radical (unpaired) electrons. The van der Waals surface area contributed by atoms with E-state index in [0.717, 1.165) is 16.8 Å². The molecule has 3 aromatic rings. The van der Waals surface area contributed by atoms with E-state index in [4.69, 9.17) is 16.0 Å². The van der Waals surface area contributed by atoms with Crippen molar-refractivity contribution in [3.05, 3.63) is 82.3 Å². The third-order valence-electron chi connectivity index (χ3n) is 4.42. The fourth-order valence-corrected chi connectivity index (χ4v) is 3.26. The summed E-state index contributed by atoms with van der Waals surface area (Å²) >= 11 is 6.20. The summed E-state index contributed by atoms with van der Waals surface area (Å²) in [6.45, 7) is 2.24. The molecule has 1 N–H and O–H groups in total. The molecule has 0 bridgehead atoms. The highest BCUT2D eigenvalue weighted by Crippen LogP contribution is 2.33. The lowest BCUT2D eigenvalue weighted by Crippen LogP contribution is -2.23. The number of nitrogens with one attached hydrogen (secondary N) is 1. The van der Waals surface area contributed by atoms with Gasteiger partial charge in [0, 0.05) is 33.1 Å². The number of hydrogen-bond acceptors (Lipinski definition) is 3. The molecule has 0 atom stereocenters. The highest BCUT2D eigenvalue weighted by Gasteiger charge is 2.29. The largest absolute Gasteiger partial charge is 0.459 e. The van der Waals surface area contributed by atoms with Crippen molar-refractivity contribution in [2.45, 2.75) is 13.5 Å². The molecule has 2 amide bonds. The van der Waals surface area contributed by atoms with Crippen molar-refractivity contribution >= 4 is 34.8 Å². The monoisotopic (exact) mass is 366 g/mol. The van der Waals surface area contributed by atoms with Gasteiger partial charge < -0.3 is 14.6 Å². The SMILES string of the molecule is Cc1ccoc1C(=O)Nc1ccc(N2Cc3c(Cl)cccc3C2=O)cc1. The quantitative estimate of drug-likeness (QED) is 0.733. The van der Waals surface area contributed by atoms with E-state index in [9.17, 15) is 9.59 Å². The second kappa shape index (κ2) is 6.35. The van der Waals surface area contributed by atoms with Crippen molar-refractivity contribution in [1.29, 1.82) is 0 Å². The number of anilines is 2. The van der Waals surface area contributed by atoms with E-state index in [1.54, 1.807) is 53.4 Å². The van der Waals surface area contributed by atoms with Gasteiger partial charge in [0.05, 0.1) is 12.8 Å². The molecule has 5 nitrogen and oxygen atoms in total. The Labute approximate surface area is 155 Å². The maximum atomic E-state index is 12.6. The average molecular weight is 367 g/mol. The number of benzene rings is 2. The van der Waals surface area contributed by atoms with Crippen LogP contribution in [0.15, 0.2) is 59.2 Å². The summed E-state index contributed by atoms with van der Waals surface area (Å²) in [5, 5.41) is 3.38. The molecular weight excluding hydrogens is 352 g/mol. The van der Waals surface area contributed by atoms with Crippen molar-refractivity contribution in [2.75, 3.05) is 10.2 Å². The first-order chi connectivity index (χ1) is 12.5. The normalized spacial score (nSPS) is 13.0. The molecule has 2 heterocycles. The molecule has 0 saturated heterocycles. The zero-order valence-corrected chi connectivity index (χ0v) is 14.7. The van der Waals surface area contributed by atoms with Crippen LogP contribution in [0.25, 0.3) is 0 Å².